The van der Waals surface area contributed by atoms with Gasteiger partial charge in [0.25, 0.3) is 0 Å². The Kier molecular flexibility index (Phi) is 3.57. The van der Waals surface area contributed by atoms with E-state index < -0.39 is 5.97 Å². The van der Waals surface area contributed by atoms with Gasteiger partial charge in [-0.3, -0.25) is 0 Å². The molecule has 5 heteroatoms. The van der Waals surface area contributed by atoms with E-state index in [1.54, 1.807) is 6.07 Å². The number of piperidine rings is 1. The molecule has 1 saturated heterocycles. The predicted molar refractivity (Wildman–Crippen MR) is 70.1 cm³/mol. The molecule has 2 N–H and O–H groups in total. The van der Waals surface area contributed by atoms with Crippen molar-refractivity contribution in [1.82, 2.24) is 10.2 Å². The van der Waals surface area contributed by atoms with Gasteiger partial charge < -0.3 is 19.7 Å². The van der Waals surface area contributed by atoms with Gasteiger partial charge in [0.1, 0.15) is 5.76 Å². The van der Waals surface area contributed by atoms with Crippen molar-refractivity contribution in [3.8, 4) is 0 Å². The van der Waals surface area contributed by atoms with Crippen LogP contribution in [0.4, 0.5) is 0 Å². The Balaban J connectivity index is 1.43. The van der Waals surface area contributed by atoms with Gasteiger partial charge in [0.05, 0.1) is 6.54 Å². The first-order chi connectivity index (χ1) is 9.22. The van der Waals surface area contributed by atoms with E-state index in [0.29, 0.717) is 18.3 Å². The van der Waals surface area contributed by atoms with Crippen LogP contribution in [0.3, 0.4) is 0 Å². The molecule has 0 aromatic carbocycles. The van der Waals surface area contributed by atoms with Crippen LogP contribution in [0.5, 0.6) is 0 Å². The van der Waals surface area contributed by atoms with Gasteiger partial charge in [0.15, 0.2) is 0 Å². The number of aromatic carboxylic acids is 1. The lowest BCUT2D eigenvalue weighted by Crippen LogP contribution is -2.43. The van der Waals surface area contributed by atoms with Crippen LogP contribution < -0.4 is 5.32 Å². The van der Waals surface area contributed by atoms with Crippen LogP contribution >= 0.6 is 0 Å². The minimum atomic E-state index is -1.01. The maximum Gasteiger partial charge on any atom is 0.371 e. The Morgan fingerprint density at radius 3 is 2.63 bits per heavy atom. The summed E-state index contributed by atoms with van der Waals surface area (Å²) in [6.07, 6.45) is 5.09. The standard InChI is InChI=1S/C14H20N2O3/c17-14(18)13-4-3-12(19-13)9-15-10-5-7-16(8-6-10)11-1-2-11/h3-4,10-11,15H,1-2,5-9H2,(H,17,18). The molecule has 0 spiro atoms. The number of carbonyl (C=O) groups is 1. The molecular formula is C14H20N2O3. The second-order valence-electron chi connectivity index (χ2n) is 5.49. The van der Waals surface area contributed by atoms with Crippen molar-refractivity contribution >= 4 is 5.97 Å². The summed E-state index contributed by atoms with van der Waals surface area (Å²) in [6, 6.07) is 4.63. The van der Waals surface area contributed by atoms with Crippen molar-refractivity contribution in [2.75, 3.05) is 13.1 Å². The summed E-state index contributed by atoms with van der Waals surface area (Å²) >= 11 is 0. The number of carboxylic acid groups (broad SMARTS) is 1. The normalized spacial score (nSPS) is 21.7. The van der Waals surface area contributed by atoms with Gasteiger partial charge in [-0.15, -0.1) is 0 Å². The zero-order chi connectivity index (χ0) is 13.2. The molecule has 1 aliphatic heterocycles. The maximum atomic E-state index is 10.7. The molecule has 2 fully saturated rings. The van der Waals surface area contributed by atoms with Gasteiger partial charge in [0, 0.05) is 12.1 Å². The van der Waals surface area contributed by atoms with E-state index in [9.17, 15) is 4.79 Å². The highest BCUT2D eigenvalue weighted by Crippen LogP contribution is 2.29. The van der Waals surface area contributed by atoms with Crippen LogP contribution in [0.15, 0.2) is 16.5 Å². The van der Waals surface area contributed by atoms with E-state index in [2.05, 4.69) is 10.2 Å². The van der Waals surface area contributed by atoms with Crippen molar-refractivity contribution in [3.05, 3.63) is 23.7 Å². The molecule has 5 nitrogen and oxygen atoms in total. The summed E-state index contributed by atoms with van der Waals surface area (Å²) in [5.41, 5.74) is 0. The number of hydrogen-bond acceptors (Lipinski definition) is 4. The lowest BCUT2D eigenvalue weighted by atomic mass is 10.0. The van der Waals surface area contributed by atoms with Crippen molar-refractivity contribution in [2.24, 2.45) is 0 Å². The third-order valence-electron chi connectivity index (χ3n) is 4.03. The Hall–Kier alpha value is -1.33. The second kappa shape index (κ2) is 5.35. The summed E-state index contributed by atoms with van der Waals surface area (Å²) < 4.78 is 5.23. The summed E-state index contributed by atoms with van der Waals surface area (Å²) in [7, 11) is 0. The Morgan fingerprint density at radius 1 is 1.32 bits per heavy atom. The highest BCUT2D eigenvalue weighted by Gasteiger charge is 2.31. The SMILES string of the molecule is O=C(O)c1ccc(CNC2CCN(C3CC3)CC2)o1. The molecule has 1 aliphatic carbocycles. The van der Waals surface area contributed by atoms with Gasteiger partial charge in [-0.1, -0.05) is 0 Å². The average molecular weight is 264 g/mol. The van der Waals surface area contributed by atoms with Crippen LogP contribution in [-0.2, 0) is 6.54 Å². The first-order valence-corrected chi connectivity index (χ1v) is 7.02. The number of furan rings is 1. The van der Waals surface area contributed by atoms with E-state index in [-0.39, 0.29) is 5.76 Å². The van der Waals surface area contributed by atoms with E-state index in [1.807, 2.05) is 0 Å². The molecule has 3 rings (SSSR count). The third-order valence-corrected chi connectivity index (χ3v) is 4.03. The lowest BCUT2D eigenvalue weighted by Gasteiger charge is -2.32. The highest BCUT2D eigenvalue weighted by molar-refractivity contribution is 5.84. The predicted octanol–water partition coefficient (Wildman–Crippen LogP) is 1.69. The van der Waals surface area contributed by atoms with Gasteiger partial charge in [-0.05, 0) is 50.9 Å². The average Bonchev–Trinajstić information content (AvgIpc) is 3.15. The lowest BCUT2D eigenvalue weighted by molar-refractivity contribution is 0.0660. The number of rotatable bonds is 5. The van der Waals surface area contributed by atoms with E-state index in [4.69, 9.17) is 9.52 Å². The number of nitrogens with zero attached hydrogens (tertiary/aromatic N) is 1. The van der Waals surface area contributed by atoms with Crippen LogP contribution in [0, 0.1) is 0 Å². The van der Waals surface area contributed by atoms with E-state index in [0.717, 1.165) is 6.04 Å². The fraction of sp³-hybridized carbons (Fsp3) is 0.643. The molecular weight excluding hydrogens is 244 g/mol. The molecule has 0 atom stereocenters. The van der Waals surface area contributed by atoms with E-state index >= 15 is 0 Å². The smallest absolute Gasteiger partial charge is 0.371 e. The Bertz CT molecular complexity index is 445. The van der Waals surface area contributed by atoms with Crippen molar-refractivity contribution < 1.29 is 14.3 Å². The second-order valence-corrected chi connectivity index (χ2v) is 5.49. The van der Waals surface area contributed by atoms with Gasteiger partial charge in [-0.2, -0.15) is 0 Å². The molecule has 1 aromatic heterocycles. The van der Waals surface area contributed by atoms with Gasteiger partial charge >= 0.3 is 5.97 Å². The highest BCUT2D eigenvalue weighted by atomic mass is 16.4. The summed E-state index contributed by atoms with van der Waals surface area (Å²) in [5.74, 6) is -0.300. The molecule has 1 aromatic rings. The molecule has 1 saturated carbocycles. The maximum absolute atomic E-state index is 10.7. The zero-order valence-electron chi connectivity index (χ0n) is 11.0. The van der Waals surface area contributed by atoms with Crippen molar-refractivity contribution in [2.45, 2.75) is 44.3 Å². The number of carboxylic acids is 1. The number of nitrogens with one attached hydrogen (secondary N) is 1. The summed E-state index contributed by atoms with van der Waals surface area (Å²) in [4.78, 5) is 13.3. The molecule has 104 valence electrons. The third kappa shape index (κ3) is 3.16. The number of hydrogen-bond donors (Lipinski definition) is 2. The van der Waals surface area contributed by atoms with Crippen LogP contribution in [0.1, 0.15) is 42.0 Å². The van der Waals surface area contributed by atoms with Crippen molar-refractivity contribution in [1.29, 1.82) is 0 Å². The largest absolute Gasteiger partial charge is 0.475 e. The van der Waals surface area contributed by atoms with Crippen LogP contribution in [0.25, 0.3) is 0 Å². The minimum absolute atomic E-state index is 0.0142. The molecule has 19 heavy (non-hydrogen) atoms. The molecule has 0 amide bonds. The Morgan fingerprint density at radius 2 is 2.05 bits per heavy atom. The molecule has 2 heterocycles. The van der Waals surface area contributed by atoms with Gasteiger partial charge in [-0.25, -0.2) is 4.79 Å². The Labute approximate surface area is 112 Å². The quantitative estimate of drug-likeness (QED) is 0.847. The zero-order valence-corrected chi connectivity index (χ0v) is 11.0. The molecule has 0 radical (unpaired) electrons. The van der Waals surface area contributed by atoms with Crippen LogP contribution in [-0.4, -0.2) is 41.1 Å². The topological polar surface area (TPSA) is 65.7 Å². The van der Waals surface area contributed by atoms with Crippen LogP contribution in [0.2, 0.25) is 0 Å². The molecule has 2 aliphatic rings. The van der Waals surface area contributed by atoms with E-state index in [1.165, 1.54) is 44.8 Å². The first kappa shape index (κ1) is 12.7. The summed E-state index contributed by atoms with van der Waals surface area (Å²) in [5, 5.41) is 12.2. The fourth-order valence-electron chi connectivity index (χ4n) is 2.74. The minimum Gasteiger partial charge on any atom is -0.475 e. The summed E-state index contributed by atoms with van der Waals surface area (Å²) in [6.45, 7) is 2.98. The monoisotopic (exact) mass is 264 g/mol. The molecule has 0 bridgehead atoms. The first-order valence-electron chi connectivity index (χ1n) is 7.02. The molecule has 0 unspecified atom stereocenters. The van der Waals surface area contributed by atoms with Crippen molar-refractivity contribution in [3.63, 3.8) is 0 Å². The van der Waals surface area contributed by atoms with Gasteiger partial charge in [0.2, 0.25) is 5.76 Å². The number of likely N-dealkylation sites (tertiary alicyclic amines) is 1. The fourth-order valence-corrected chi connectivity index (χ4v) is 2.74.